The van der Waals surface area contributed by atoms with Crippen molar-refractivity contribution in [1.82, 2.24) is 0 Å². The van der Waals surface area contributed by atoms with E-state index < -0.39 is 38.4 Å². The number of carbonyl (C=O) groups is 1. The molecule has 0 amide bonds. The van der Waals surface area contributed by atoms with Gasteiger partial charge in [-0.1, -0.05) is 30.3 Å². The van der Waals surface area contributed by atoms with Gasteiger partial charge in [-0.3, -0.25) is 4.57 Å². The van der Waals surface area contributed by atoms with E-state index in [4.69, 9.17) is 28.0 Å². The fourth-order valence-electron chi connectivity index (χ4n) is 2.87. The maximum absolute atomic E-state index is 12.2. The van der Waals surface area contributed by atoms with Crippen LogP contribution in [0.2, 0.25) is 0 Å². The minimum Gasteiger partial charge on any atom is -0.424 e. The van der Waals surface area contributed by atoms with Crippen LogP contribution in [0.25, 0.3) is 0 Å². The number of carbonyl (C=O) groups excluding carboxylic acids is 1. The molecular formula is C16H21O8P. The van der Waals surface area contributed by atoms with Gasteiger partial charge < -0.3 is 28.0 Å². The molecule has 0 radical (unpaired) electrons. The molecule has 2 aliphatic heterocycles. The molecular weight excluding hydrogens is 351 g/mol. The number of benzene rings is 1. The van der Waals surface area contributed by atoms with Crippen molar-refractivity contribution in [3.8, 4) is 0 Å². The highest BCUT2D eigenvalue weighted by Crippen LogP contribution is 2.48. The molecule has 25 heavy (non-hydrogen) atoms. The van der Waals surface area contributed by atoms with Gasteiger partial charge in [0, 0.05) is 14.2 Å². The van der Waals surface area contributed by atoms with E-state index in [0.717, 1.165) is 5.56 Å². The molecule has 0 aromatic heterocycles. The molecule has 0 spiro atoms. The maximum atomic E-state index is 12.2. The van der Waals surface area contributed by atoms with Gasteiger partial charge in [-0.05, 0) is 12.0 Å². The van der Waals surface area contributed by atoms with E-state index in [1.807, 2.05) is 30.3 Å². The van der Waals surface area contributed by atoms with E-state index in [-0.39, 0.29) is 6.16 Å². The first-order valence-electron chi connectivity index (χ1n) is 7.93. The summed E-state index contributed by atoms with van der Waals surface area (Å²) in [5, 5.41) is 0. The number of hydrogen-bond acceptors (Lipinski definition) is 8. The topological polar surface area (TPSA) is 89.5 Å². The second-order valence-electron chi connectivity index (χ2n) is 5.74. The normalized spacial score (nSPS) is 28.5. The Balaban J connectivity index is 1.61. The molecule has 0 bridgehead atoms. The third-order valence-corrected chi connectivity index (χ3v) is 6.15. The van der Waals surface area contributed by atoms with Gasteiger partial charge >= 0.3 is 13.8 Å². The molecule has 9 heteroatoms. The largest absolute Gasteiger partial charge is 0.509 e. The van der Waals surface area contributed by atoms with Gasteiger partial charge in [-0.15, -0.1) is 0 Å². The fourth-order valence-corrected chi connectivity index (χ4v) is 3.96. The minimum absolute atomic E-state index is 0.136. The summed E-state index contributed by atoms with van der Waals surface area (Å²) in [6.07, 6.45) is -2.79. The van der Waals surface area contributed by atoms with Gasteiger partial charge in [0.2, 0.25) is 0 Å². The van der Waals surface area contributed by atoms with Crippen LogP contribution < -0.4 is 0 Å². The lowest BCUT2D eigenvalue weighted by Crippen LogP contribution is -2.31. The van der Waals surface area contributed by atoms with Crippen molar-refractivity contribution in [2.45, 2.75) is 37.6 Å². The summed E-state index contributed by atoms with van der Waals surface area (Å²) in [4.78, 5) is 11.5. The lowest BCUT2D eigenvalue weighted by molar-refractivity contribution is -0.173. The van der Waals surface area contributed by atoms with Crippen LogP contribution in [0.5, 0.6) is 0 Å². The summed E-state index contributed by atoms with van der Waals surface area (Å²) in [5.41, 5.74) is 0.972. The average Bonchev–Trinajstić information content (AvgIpc) is 3.16. The lowest BCUT2D eigenvalue weighted by Gasteiger charge is -2.19. The van der Waals surface area contributed by atoms with Crippen LogP contribution in [0.15, 0.2) is 30.3 Å². The van der Waals surface area contributed by atoms with Crippen molar-refractivity contribution in [2.24, 2.45) is 0 Å². The Kier molecular flexibility index (Phi) is 5.76. The van der Waals surface area contributed by atoms with Crippen molar-refractivity contribution >= 4 is 13.8 Å². The summed E-state index contributed by atoms with van der Waals surface area (Å²) in [7, 11) is -0.517. The molecule has 8 nitrogen and oxygen atoms in total. The van der Waals surface area contributed by atoms with Gasteiger partial charge in [0.15, 0.2) is 18.5 Å². The zero-order valence-corrected chi connectivity index (χ0v) is 14.9. The predicted octanol–water partition coefficient (Wildman–Crippen LogP) is 2.71. The monoisotopic (exact) mass is 372 g/mol. The first-order valence-corrected chi connectivity index (χ1v) is 9.66. The second-order valence-corrected chi connectivity index (χ2v) is 8.14. The lowest BCUT2D eigenvalue weighted by atomic mass is 10.1. The zero-order chi connectivity index (χ0) is 17.9. The molecule has 4 atom stereocenters. The number of ether oxygens (including phenoxy) is 4. The van der Waals surface area contributed by atoms with Gasteiger partial charge in [0.05, 0.1) is 12.8 Å². The minimum atomic E-state index is -3.17. The fraction of sp³-hybridized carbons (Fsp3) is 0.562. The molecule has 138 valence electrons. The molecule has 0 unspecified atom stereocenters. The Morgan fingerprint density at radius 2 is 1.76 bits per heavy atom. The van der Waals surface area contributed by atoms with Crippen LogP contribution in [0.3, 0.4) is 0 Å². The van der Waals surface area contributed by atoms with Gasteiger partial charge in [0.25, 0.3) is 0 Å². The van der Waals surface area contributed by atoms with Crippen molar-refractivity contribution in [3.05, 3.63) is 35.9 Å². The van der Waals surface area contributed by atoms with Crippen LogP contribution in [-0.4, -0.2) is 51.1 Å². The predicted molar refractivity (Wildman–Crippen MR) is 86.1 cm³/mol. The van der Waals surface area contributed by atoms with Crippen molar-refractivity contribution in [1.29, 1.82) is 0 Å². The zero-order valence-electron chi connectivity index (χ0n) is 14.0. The molecule has 0 aliphatic carbocycles. The second kappa shape index (κ2) is 7.85. The van der Waals surface area contributed by atoms with Gasteiger partial charge in [-0.2, -0.15) is 0 Å². The summed E-state index contributed by atoms with van der Waals surface area (Å²) in [6.45, 7) is 0.313. The molecule has 1 aromatic carbocycles. The van der Waals surface area contributed by atoms with Crippen LogP contribution in [0.4, 0.5) is 4.79 Å². The van der Waals surface area contributed by atoms with E-state index in [1.54, 1.807) is 0 Å². The molecule has 2 saturated heterocycles. The molecule has 2 aliphatic rings. The number of rotatable bonds is 8. The standard InChI is InChI=1S/C16H21O8P/c1-19-25(18,20-2)9-8-12-13-14(24-16(17)23-13)15(22-12)21-10-11-6-4-3-5-7-11/h3-7,12-15H,8-10H2,1-2H3/t12-,13-,14-,15-/m1/s1. The number of fused-ring (bicyclic) bond motifs is 1. The Bertz CT molecular complexity index is 628. The van der Waals surface area contributed by atoms with E-state index in [1.165, 1.54) is 14.2 Å². The molecule has 0 N–H and O–H groups in total. The highest BCUT2D eigenvalue weighted by Gasteiger charge is 2.55. The summed E-state index contributed by atoms with van der Waals surface area (Å²) in [5.74, 6) is 0. The first kappa shape index (κ1) is 18.4. The van der Waals surface area contributed by atoms with E-state index in [9.17, 15) is 9.36 Å². The SMILES string of the molecule is COP(=O)(CC[C@H]1O[C@@H](OCc2ccccc2)[C@@H]2OC(=O)O[C@@H]21)OC. The Hall–Kier alpha value is -1.44. The molecule has 2 fully saturated rings. The summed E-state index contributed by atoms with van der Waals surface area (Å²) in [6, 6.07) is 9.58. The summed E-state index contributed by atoms with van der Waals surface area (Å²) < 4.78 is 43.9. The molecule has 1 aromatic rings. The van der Waals surface area contributed by atoms with Gasteiger partial charge in [-0.25, -0.2) is 4.79 Å². The Labute approximate surface area is 145 Å². The average molecular weight is 372 g/mol. The number of hydrogen-bond donors (Lipinski definition) is 0. The smallest absolute Gasteiger partial charge is 0.424 e. The Morgan fingerprint density at radius 1 is 1.08 bits per heavy atom. The van der Waals surface area contributed by atoms with E-state index in [0.29, 0.717) is 13.0 Å². The highest BCUT2D eigenvalue weighted by atomic mass is 31.2. The van der Waals surface area contributed by atoms with Crippen LogP contribution in [0, 0.1) is 0 Å². The molecule has 0 saturated carbocycles. The first-order chi connectivity index (χ1) is 12.0. The molecule has 3 rings (SSSR count). The van der Waals surface area contributed by atoms with Crippen LogP contribution in [-0.2, 0) is 39.2 Å². The van der Waals surface area contributed by atoms with Crippen LogP contribution in [0.1, 0.15) is 12.0 Å². The van der Waals surface area contributed by atoms with Crippen molar-refractivity contribution < 1.29 is 37.4 Å². The van der Waals surface area contributed by atoms with E-state index in [2.05, 4.69) is 0 Å². The van der Waals surface area contributed by atoms with Crippen molar-refractivity contribution in [2.75, 3.05) is 20.4 Å². The van der Waals surface area contributed by atoms with Crippen LogP contribution >= 0.6 is 7.60 Å². The third kappa shape index (κ3) is 4.22. The summed E-state index contributed by atoms with van der Waals surface area (Å²) >= 11 is 0. The highest BCUT2D eigenvalue weighted by molar-refractivity contribution is 7.53. The Morgan fingerprint density at radius 3 is 2.44 bits per heavy atom. The van der Waals surface area contributed by atoms with Gasteiger partial charge in [0.1, 0.15) is 6.10 Å². The third-order valence-electron chi connectivity index (χ3n) is 4.23. The quantitative estimate of drug-likeness (QED) is 0.508. The maximum Gasteiger partial charge on any atom is 0.509 e. The molecule has 2 heterocycles. The van der Waals surface area contributed by atoms with E-state index >= 15 is 0 Å². The van der Waals surface area contributed by atoms with Crippen molar-refractivity contribution in [3.63, 3.8) is 0 Å².